The Morgan fingerprint density at radius 2 is 0.786 bits per heavy atom. The third-order valence-corrected chi connectivity index (χ3v) is 3.18. The fraction of sp³-hybridized carbons (Fsp3) is 1.00. The second kappa shape index (κ2) is 11.0. The first-order chi connectivity index (χ1) is 5.12. The predicted molar refractivity (Wildman–Crippen MR) is 65.1 cm³/mol. The Morgan fingerprint density at radius 1 is 0.714 bits per heavy atom. The summed E-state index contributed by atoms with van der Waals surface area (Å²) in [4.78, 5) is 0. The molecule has 0 bridgehead atoms. The molecule has 6 heteroatoms. The molecule has 2 N–H and O–H groups in total. The van der Waals surface area contributed by atoms with E-state index in [0.717, 1.165) is 0 Å². The molecule has 0 atom stereocenters. The van der Waals surface area contributed by atoms with Crippen molar-refractivity contribution >= 4 is 16.1 Å². The van der Waals surface area contributed by atoms with Crippen LogP contribution in [0.3, 0.4) is 0 Å². The Labute approximate surface area is 117 Å². The first-order valence-electron chi connectivity index (χ1n) is 4.41. The average molecular weight is 331 g/mol. The number of hydrogen-bond acceptors (Lipinski definition) is 0. The average Bonchev–Trinajstić information content (AvgIpc) is 1.86. The third-order valence-electron chi connectivity index (χ3n) is 1.06. The third kappa shape index (κ3) is 37.5. The van der Waals surface area contributed by atoms with Crippen LogP contribution >= 0.6 is 0 Å². The zero-order chi connectivity index (χ0) is 10.4. The maximum Gasteiger partial charge on any atom is 3.00 e. The second-order valence-corrected chi connectivity index (χ2v) is 16.4. The molecule has 0 heterocycles. The molecule has 0 aromatic heterocycles. The van der Waals surface area contributed by atoms with Gasteiger partial charge in [-0.15, -0.1) is 0 Å². The Kier molecular flexibility index (Phi) is 19.4. The van der Waals surface area contributed by atoms with Gasteiger partial charge in [0.1, 0.15) is 0 Å². The van der Waals surface area contributed by atoms with Gasteiger partial charge in [0.25, 0.3) is 0 Å². The van der Waals surface area contributed by atoms with Crippen LogP contribution in [0.5, 0.6) is 0 Å². The molecule has 0 unspecified atom stereocenters. The zero-order valence-electron chi connectivity index (χ0n) is 10.3. The van der Waals surface area contributed by atoms with Crippen molar-refractivity contribution in [1.82, 2.24) is 0 Å². The van der Waals surface area contributed by atoms with E-state index in [-0.39, 0.29) is 38.6 Å². The minimum absolute atomic E-state index is 0. The zero-order valence-corrected chi connectivity index (χ0v) is 15.5. The van der Waals surface area contributed by atoms with E-state index in [0.29, 0.717) is 12.3 Å². The topological polar surface area (TPSA) is 47.6 Å². The fourth-order valence-corrected chi connectivity index (χ4v) is 0. The van der Waals surface area contributed by atoms with E-state index in [1.165, 1.54) is 0 Å². The number of hydrogen-bond donors (Lipinski definition) is 0. The van der Waals surface area contributed by atoms with Crippen LogP contribution in [0.25, 0.3) is 11.5 Å². The summed E-state index contributed by atoms with van der Waals surface area (Å²) < 4.78 is 0. The number of rotatable bonds is 2. The summed E-state index contributed by atoms with van der Waals surface area (Å²) >= 11 is 0. The van der Waals surface area contributed by atoms with Gasteiger partial charge in [-0.1, -0.05) is 39.3 Å². The van der Waals surface area contributed by atoms with E-state index in [4.69, 9.17) is 11.5 Å². The Bertz CT molecular complexity index is 98.9. The smallest absolute Gasteiger partial charge is 1.00 e. The molecule has 0 saturated carbocycles. The van der Waals surface area contributed by atoms with Crippen molar-refractivity contribution in [2.24, 2.45) is 0 Å². The van der Waals surface area contributed by atoms with Crippen LogP contribution < -0.4 is 12.4 Å². The maximum absolute atomic E-state index is 6.92. The summed E-state index contributed by atoms with van der Waals surface area (Å²) in [5, 5.41) is 0. The van der Waals surface area contributed by atoms with Crippen molar-refractivity contribution in [3.63, 3.8) is 0 Å². The molecule has 2 nitrogen and oxygen atoms in total. The molecule has 0 saturated heterocycles. The van der Waals surface area contributed by atoms with Crippen LogP contribution in [0.2, 0.25) is 39.3 Å². The van der Waals surface area contributed by atoms with E-state index in [2.05, 4.69) is 39.3 Å². The van der Waals surface area contributed by atoms with Crippen molar-refractivity contribution in [3.8, 4) is 0 Å². The normalized spacial score (nSPS) is 10.3. The van der Waals surface area contributed by atoms with Crippen molar-refractivity contribution in [2.75, 3.05) is 12.3 Å². The molecular weight excluding hydrogens is 307 g/mol. The monoisotopic (exact) mass is 329 g/mol. The first-order valence-corrected chi connectivity index (χ1v) is 11.8. The molecule has 0 aliphatic heterocycles. The fourth-order valence-electron chi connectivity index (χ4n) is 0. The molecule has 0 aliphatic rings. The van der Waals surface area contributed by atoms with E-state index in [1.54, 1.807) is 0 Å². The van der Waals surface area contributed by atoms with Crippen molar-refractivity contribution in [2.45, 2.75) is 39.3 Å². The molecule has 14 heavy (non-hydrogen) atoms. The van der Waals surface area contributed by atoms with Crippen LogP contribution in [0.4, 0.5) is 0 Å². The van der Waals surface area contributed by atoms with Crippen LogP contribution in [0, 0.1) is 0 Å². The van der Waals surface area contributed by atoms with E-state index >= 15 is 0 Å². The molecule has 0 aliphatic carbocycles. The first kappa shape index (κ1) is 24.7. The van der Waals surface area contributed by atoms with Gasteiger partial charge in [-0.3, -0.25) is 0 Å². The van der Waals surface area contributed by atoms with Crippen LogP contribution in [0.1, 0.15) is 0 Å². The molecule has 85 valence electrons. The van der Waals surface area contributed by atoms with Crippen molar-refractivity contribution in [3.05, 3.63) is 11.5 Å². The minimum Gasteiger partial charge on any atom is -1.00 e. The molecule has 0 aromatic rings. The van der Waals surface area contributed by atoms with Gasteiger partial charge in [0.15, 0.2) is 0 Å². The molecule has 0 aromatic carbocycles. The second-order valence-electron chi connectivity index (χ2n) is 5.47. The van der Waals surface area contributed by atoms with Crippen molar-refractivity contribution in [1.29, 1.82) is 0 Å². The minimum atomic E-state index is -0.965. The maximum atomic E-state index is 6.92. The van der Waals surface area contributed by atoms with Crippen LogP contribution in [-0.4, -0.2) is 28.5 Å². The SMILES string of the molecule is C[Si](C)(C)C[NH-].C[Si](C)(C)C[NH-].[Cl-].[Zr+3]. The Hall–Kier alpha value is 1.53. The van der Waals surface area contributed by atoms with Gasteiger partial charge in [-0.05, 0) is 0 Å². The summed E-state index contributed by atoms with van der Waals surface area (Å²) in [5.74, 6) is 0. The molecule has 0 rings (SSSR count). The van der Waals surface area contributed by atoms with Crippen LogP contribution in [0.15, 0.2) is 0 Å². The summed E-state index contributed by atoms with van der Waals surface area (Å²) in [6, 6.07) is 0. The molecule has 0 fully saturated rings. The van der Waals surface area contributed by atoms with Gasteiger partial charge >= 0.3 is 26.2 Å². The Morgan fingerprint density at radius 3 is 0.786 bits per heavy atom. The Balaban J connectivity index is -0.0000000625. The van der Waals surface area contributed by atoms with Gasteiger partial charge < -0.3 is 23.9 Å². The van der Waals surface area contributed by atoms with Gasteiger partial charge in [0.2, 0.25) is 0 Å². The predicted octanol–water partition coefficient (Wildman–Crippen LogP) is 0.833. The van der Waals surface area contributed by atoms with Gasteiger partial charge in [-0.25, -0.2) is 0 Å². The molecule has 1 radical (unpaired) electrons. The van der Waals surface area contributed by atoms with Gasteiger partial charge in [0.05, 0.1) is 0 Å². The summed E-state index contributed by atoms with van der Waals surface area (Å²) in [7, 11) is -1.93. The summed E-state index contributed by atoms with van der Waals surface area (Å²) in [6.07, 6.45) is 1.32. The van der Waals surface area contributed by atoms with Gasteiger partial charge in [0, 0.05) is 16.1 Å². The quantitative estimate of drug-likeness (QED) is 0.673. The largest absolute Gasteiger partial charge is 3.00 e. The van der Waals surface area contributed by atoms with E-state index < -0.39 is 16.1 Å². The molecule has 0 amide bonds. The standard InChI is InChI=1S/2C4H12NSi.ClH.Zr/c2*1-6(2,3)4-5;;/h2*5H,4H2,1-3H3;1H;/q2*-1;;+3/p-1. The molecular formula is C8H24ClN2Si2Zr. The van der Waals surface area contributed by atoms with Crippen LogP contribution in [-0.2, 0) is 26.2 Å². The summed E-state index contributed by atoms with van der Waals surface area (Å²) in [5.41, 5.74) is 13.8. The number of halogens is 1. The van der Waals surface area contributed by atoms with E-state index in [1.807, 2.05) is 0 Å². The molecule has 0 spiro atoms. The number of nitrogens with one attached hydrogen (secondary N) is 2. The van der Waals surface area contributed by atoms with Gasteiger partial charge in [-0.2, -0.15) is 12.3 Å². The van der Waals surface area contributed by atoms with E-state index in [9.17, 15) is 0 Å². The summed E-state index contributed by atoms with van der Waals surface area (Å²) in [6.45, 7) is 13.2. The van der Waals surface area contributed by atoms with Crippen molar-refractivity contribution < 1.29 is 38.6 Å².